The Morgan fingerprint density at radius 3 is 2.73 bits per heavy atom. The second kappa shape index (κ2) is 4.04. The van der Waals surface area contributed by atoms with Gasteiger partial charge in [0, 0.05) is 13.7 Å². The van der Waals surface area contributed by atoms with Crippen molar-refractivity contribution in [3.63, 3.8) is 0 Å². The van der Waals surface area contributed by atoms with Gasteiger partial charge in [-0.25, -0.2) is 0 Å². The highest BCUT2D eigenvalue weighted by molar-refractivity contribution is 4.78. The maximum Gasteiger partial charge on any atom is 0.0954 e. The smallest absolute Gasteiger partial charge is 0.0954 e. The van der Waals surface area contributed by atoms with Crippen molar-refractivity contribution >= 4 is 0 Å². The molecule has 0 aromatic rings. The molecule has 3 nitrogen and oxygen atoms in total. The highest BCUT2D eigenvalue weighted by Gasteiger charge is 2.28. The molecule has 0 spiro atoms. The van der Waals surface area contributed by atoms with E-state index in [-0.39, 0.29) is 12.2 Å². The summed E-state index contributed by atoms with van der Waals surface area (Å²) in [5.41, 5.74) is 5.50. The first-order valence-corrected chi connectivity index (χ1v) is 4.16. The lowest BCUT2D eigenvalue weighted by Gasteiger charge is -2.20. The number of methoxy groups -OCH3 is 1. The Balaban J connectivity index is 2.34. The maximum absolute atomic E-state index is 5.60. The van der Waals surface area contributed by atoms with Gasteiger partial charge in [0.05, 0.1) is 18.3 Å². The molecule has 0 radical (unpaired) electrons. The summed E-state index contributed by atoms with van der Waals surface area (Å²) < 4.78 is 10.8. The third kappa shape index (κ3) is 2.15. The third-order valence-corrected chi connectivity index (χ3v) is 2.21. The first kappa shape index (κ1) is 8.97. The Labute approximate surface area is 67.9 Å². The number of hydrogen-bond acceptors (Lipinski definition) is 3. The summed E-state index contributed by atoms with van der Waals surface area (Å²) in [6.07, 6.45) is 2.89. The molecule has 1 heterocycles. The molecule has 0 saturated carbocycles. The number of nitrogens with two attached hydrogens (primary N) is 1. The highest BCUT2D eigenvalue weighted by atomic mass is 16.5. The van der Waals surface area contributed by atoms with Crippen LogP contribution in [-0.2, 0) is 9.47 Å². The van der Waals surface area contributed by atoms with Gasteiger partial charge in [-0.2, -0.15) is 0 Å². The molecular formula is C8H17NO2. The fraction of sp³-hybridized carbons (Fsp3) is 1.00. The zero-order chi connectivity index (χ0) is 8.27. The van der Waals surface area contributed by atoms with Crippen molar-refractivity contribution in [1.29, 1.82) is 0 Å². The van der Waals surface area contributed by atoms with Gasteiger partial charge in [0.1, 0.15) is 0 Å². The molecule has 3 atom stereocenters. The molecule has 1 aliphatic rings. The van der Waals surface area contributed by atoms with E-state index >= 15 is 0 Å². The summed E-state index contributed by atoms with van der Waals surface area (Å²) in [5, 5.41) is 0. The second-order valence-electron chi connectivity index (χ2n) is 3.07. The molecule has 0 amide bonds. The van der Waals surface area contributed by atoms with E-state index in [1.165, 1.54) is 0 Å². The lowest BCUT2D eigenvalue weighted by atomic mass is 10.1. The predicted octanol–water partition coefficient (Wildman–Crippen LogP) is 0.528. The SMILES string of the molecule is COC(CN)C1CCC(C)O1. The normalized spacial score (nSPS) is 34.1. The minimum atomic E-state index is 0.0833. The van der Waals surface area contributed by atoms with Crippen LogP contribution in [0.4, 0.5) is 0 Å². The Morgan fingerprint density at radius 1 is 1.64 bits per heavy atom. The average Bonchev–Trinajstić information content (AvgIpc) is 2.39. The van der Waals surface area contributed by atoms with Crippen LogP contribution in [0.15, 0.2) is 0 Å². The van der Waals surface area contributed by atoms with Crippen molar-refractivity contribution in [3.05, 3.63) is 0 Å². The third-order valence-electron chi connectivity index (χ3n) is 2.21. The topological polar surface area (TPSA) is 44.5 Å². The van der Waals surface area contributed by atoms with Crippen molar-refractivity contribution in [2.24, 2.45) is 5.73 Å². The molecule has 1 aliphatic heterocycles. The molecule has 2 N–H and O–H groups in total. The summed E-state index contributed by atoms with van der Waals surface area (Å²) in [4.78, 5) is 0. The summed E-state index contributed by atoms with van der Waals surface area (Å²) >= 11 is 0. The summed E-state index contributed by atoms with van der Waals surface area (Å²) in [6, 6.07) is 0. The van der Waals surface area contributed by atoms with Gasteiger partial charge in [0.15, 0.2) is 0 Å². The molecule has 3 unspecified atom stereocenters. The lowest BCUT2D eigenvalue weighted by molar-refractivity contribution is -0.0433. The molecule has 1 saturated heterocycles. The molecule has 1 rings (SSSR count). The molecular weight excluding hydrogens is 142 g/mol. The fourth-order valence-corrected chi connectivity index (χ4v) is 1.51. The van der Waals surface area contributed by atoms with E-state index in [2.05, 4.69) is 6.92 Å². The van der Waals surface area contributed by atoms with Gasteiger partial charge in [0.25, 0.3) is 0 Å². The highest BCUT2D eigenvalue weighted by Crippen LogP contribution is 2.22. The van der Waals surface area contributed by atoms with E-state index in [1.807, 2.05) is 0 Å². The van der Waals surface area contributed by atoms with Gasteiger partial charge in [-0.15, -0.1) is 0 Å². The summed E-state index contributed by atoms with van der Waals surface area (Å²) in [6.45, 7) is 2.64. The molecule has 0 aromatic heterocycles. The van der Waals surface area contributed by atoms with Gasteiger partial charge in [-0.05, 0) is 19.8 Å². The first-order chi connectivity index (χ1) is 5.27. The minimum Gasteiger partial charge on any atom is -0.377 e. The van der Waals surface area contributed by atoms with Gasteiger partial charge in [-0.3, -0.25) is 0 Å². The Hall–Kier alpha value is -0.120. The van der Waals surface area contributed by atoms with E-state index < -0.39 is 0 Å². The maximum atomic E-state index is 5.60. The summed E-state index contributed by atoms with van der Waals surface area (Å²) in [7, 11) is 1.68. The van der Waals surface area contributed by atoms with Crippen LogP contribution in [0.1, 0.15) is 19.8 Å². The van der Waals surface area contributed by atoms with E-state index in [4.69, 9.17) is 15.2 Å². The van der Waals surface area contributed by atoms with Crippen molar-refractivity contribution in [2.75, 3.05) is 13.7 Å². The average molecular weight is 159 g/mol. The van der Waals surface area contributed by atoms with Crippen LogP contribution in [0.25, 0.3) is 0 Å². The van der Waals surface area contributed by atoms with Crippen LogP contribution in [0, 0.1) is 0 Å². The lowest BCUT2D eigenvalue weighted by Crippen LogP contribution is -2.35. The standard InChI is InChI=1S/C8H17NO2/c1-6-3-4-7(11-6)8(5-9)10-2/h6-8H,3-5,9H2,1-2H3. The van der Waals surface area contributed by atoms with Crippen LogP contribution in [-0.4, -0.2) is 32.0 Å². The Kier molecular flexibility index (Phi) is 3.30. The first-order valence-electron chi connectivity index (χ1n) is 4.16. The van der Waals surface area contributed by atoms with Crippen molar-refractivity contribution < 1.29 is 9.47 Å². The molecule has 3 heteroatoms. The number of hydrogen-bond donors (Lipinski definition) is 1. The molecule has 0 bridgehead atoms. The van der Waals surface area contributed by atoms with Crippen LogP contribution in [0.3, 0.4) is 0 Å². The van der Waals surface area contributed by atoms with Crippen LogP contribution < -0.4 is 5.73 Å². The number of rotatable bonds is 3. The van der Waals surface area contributed by atoms with Crippen LogP contribution >= 0.6 is 0 Å². The number of ether oxygens (including phenoxy) is 2. The summed E-state index contributed by atoms with van der Waals surface area (Å²) in [5.74, 6) is 0. The zero-order valence-electron chi connectivity index (χ0n) is 7.25. The molecule has 0 aromatic carbocycles. The molecule has 11 heavy (non-hydrogen) atoms. The fourth-order valence-electron chi connectivity index (χ4n) is 1.51. The van der Waals surface area contributed by atoms with Gasteiger partial charge in [-0.1, -0.05) is 0 Å². The second-order valence-corrected chi connectivity index (χ2v) is 3.07. The Morgan fingerprint density at radius 2 is 2.36 bits per heavy atom. The van der Waals surface area contributed by atoms with Crippen molar-refractivity contribution in [2.45, 2.75) is 38.1 Å². The quantitative estimate of drug-likeness (QED) is 0.653. The van der Waals surface area contributed by atoms with Crippen molar-refractivity contribution in [3.8, 4) is 0 Å². The van der Waals surface area contributed by atoms with Crippen molar-refractivity contribution in [1.82, 2.24) is 0 Å². The zero-order valence-corrected chi connectivity index (χ0v) is 7.25. The van der Waals surface area contributed by atoms with E-state index in [0.717, 1.165) is 12.8 Å². The molecule has 1 fully saturated rings. The van der Waals surface area contributed by atoms with Gasteiger partial charge < -0.3 is 15.2 Å². The van der Waals surface area contributed by atoms with Crippen LogP contribution in [0.2, 0.25) is 0 Å². The van der Waals surface area contributed by atoms with Gasteiger partial charge >= 0.3 is 0 Å². The largest absolute Gasteiger partial charge is 0.377 e. The predicted molar refractivity (Wildman–Crippen MR) is 43.4 cm³/mol. The van der Waals surface area contributed by atoms with E-state index in [9.17, 15) is 0 Å². The van der Waals surface area contributed by atoms with Crippen LogP contribution in [0.5, 0.6) is 0 Å². The monoisotopic (exact) mass is 159 g/mol. The van der Waals surface area contributed by atoms with E-state index in [0.29, 0.717) is 12.6 Å². The molecule has 0 aliphatic carbocycles. The van der Waals surface area contributed by atoms with Gasteiger partial charge in [0.2, 0.25) is 0 Å². The van der Waals surface area contributed by atoms with E-state index in [1.54, 1.807) is 7.11 Å². The minimum absolute atomic E-state index is 0.0833. The molecule has 66 valence electrons. The Bertz CT molecular complexity index is 115.